The Morgan fingerprint density at radius 1 is 0.857 bits per heavy atom. The van der Waals surface area contributed by atoms with Crippen molar-refractivity contribution in [2.24, 2.45) is 0 Å². The van der Waals surface area contributed by atoms with Gasteiger partial charge in [0.25, 0.3) is 0 Å². The average molecular weight is 272 g/mol. The first-order valence-corrected chi connectivity index (χ1v) is 7.67. The lowest BCUT2D eigenvalue weighted by molar-refractivity contribution is 0.159. The summed E-state index contributed by atoms with van der Waals surface area (Å²) in [5.74, 6) is 0. The Kier molecular flexibility index (Phi) is 2.17. The number of hydrogen-bond donors (Lipinski definition) is 1. The van der Waals surface area contributed by atoms with Crippen LogP contribution in [0.2, 0.25) is 0 Å². The Hall–Kier alpha value is -2.12. The third-order valence-corrected chi connectivity index (χ3v) is 5.04. The van der Waals surface area contributed by atoms with Crippen molar-refractivity contribution in [2.75, 3.05) is 0 Å². The molecule has 0 fully saturated rings. The number of hydrogen-bond acceptors (Lipinski definition) is 1. The molecule has 1 N–H and O–H groups in total. The molecule has 1 atom stereocenters. The van der Waals surface area contributed by atoms with Gasteiger partial charge in [-0.05, 0) is 62.7 Å². The van der Waals surface area contributed by atoms with Crippen molar-refractivity contribution in [3.63, 3.8) is 0 Å². The molecular formula is C20H16O. The summed E-state index contributed by atoms with van der Waals surface area (Å²) >= 11 is 0. The van der Waals surface area contributed by atoms with E-state index in [4.69, 9.17) is 0 Å². The minimum atomic E-state index is -0.184. The van der Waals surface area contributed by atoms with Crippen LogP contribution in [-0.2, 0) is 12.8 Å². The van der Waals surface area contributed by atoms with E-state index in [2.05, 4.69) is 48.5 Å². The zero-order chi connectivity index (χ0) is 14.0. The number of aryl methyl sites for hydroxylation is 1. The van der Waals surface area contributed by atoms with Gasteiger partial charge in [0.2, 0.25) is 0 Å². The van der Waals surface area contributed by atoms with Gasteiger partial charge in [-0.1, -0.05) is 48.5 Å². The van der Waals surface area contributed by atoms with Crippen LogP contribution in [0.1, 0.15) is 17.5 Å². The van der Waals surface area contributed by atoms with Crippen molar-refractivity contribution in [3.8, 4) is 0 Å². The standard InChI is InChI=1S/C20H16O/c21-16-8-6-14-10-15-5-4-12-2-1-3-13-7-9-17(18(14)11-16)20(15)19(12)13/h1-5,7,9-10,16,21H,6,8,11H2. The smallest absolute Gasteiger partial charge is 0.0584 e. The van der Waals surface area contributed by atoms with Gasteiger partial charge in [-0.25, -0.2) is 0 Å². The van der Waals surface area contributed by atoms with Gasteiger partial charge in [0, 0.05) is 0 Å². The van der Waals surface area contributed by atoms with Gasteiger partial charge in [0.05, 0.1) is 6.10 Å². The number of aliphatic hydroxyl groups is 1. The molecule has 1 aliphatic carbocycles. The quantitative estimate of drug-likeness (QED) is 0.469. The van der Waals surface area contributed by atoms with E-state index in [0.717, 1.165) is 19.3 Å². The van der Waals surface area contributed by atoms with Crippen molar-refractivity contribution >= 4 is 32.3 Å². The van der Waals surface area contributed by atoms with Gasteiger partial charge in [-0.3, -0.25) is 0 Å². The summed E-state index contributed by atoms with van der Waals surface area (Å²) in [7, 11) is 0. The normalized spacial score (nSPS) is 18.6. The number of aliphatic hydroxyl groups excluding tert-OH is 1. The monoisotopic (exact) mass is 272 g/mol. The molecule has 1 heteroatoms. The minimum absolute atomic E-state index is 0.184. The lowest BCUT2D eigenvalue weighted by atomic mass is 9.83. The molecule has 1 aliphatic rings. The van der Waals surface area contributed by atoms with Crippen LogP contribution in [0.5, 0.6) is 0 Å². The summed E-state index contributed by atoms with van der Waals surface area (Å²) in [6.07, 6.45) is 2.49. The summed E-state index contributed by atoms with van der Waals surface area (Å²) < 4.78 is 0. The van der Waals surface area contributed by atoms with E-state index in [-0.39, 0.29) is 6.10 Å². The van der Waals surface area contributed by atoms with Gasteiger partial charge < -0.3 is 5.11 Å². The Morgan fingerprint density at radius 2 is 1.62 bits per heavy atom. The van der Waals surface area contributed by atoms with Crippen LogP contribution in [0.4, 0.5) is 0 Å². The van der Waals surface area contributed by atoms with Crippen molar-refractivity contribution in [3.05, 3.63) is 59.7 Å². The number of fused-ring (bicyclic) bond motifs is 2. The van der Waals surface area contributed by atoms with Crippen LogP contribution < -0.4 is 0 Å². The highest BCUT2D eigenvalue weighted by Crippen LogP contribution is 2.39. The Labute approximate surface area is 123 Å². The maximum absolute atomic E-state index is 10.1. The predicted molar refractivity (Wildman–Crippen MR) is 88.2 cm³/mol. The van der Waals surface area contributed by atoms with Crippen molar-refractivity contribution < 1.29 is 5.11 Å². The van der Waals surface area contributed by atoms with E-state index in [1.807, 2.05) is 0 Å². The van der Waals surface area contributed by atoms with Crippen molar-refractivity contribution in [1.29, 1.82) is 0 Å². The second-order valence-electron chi connectivity index (χ2n) is 6.27. The van der Waals surface area contributed by atoms with Gasteiger partial charge in [0.1, 0.15) is 0 Å². The molecule has 0 heterocycles. The van der Waals surface area contributed by atoms with E-state index < -0.39 is 0 Å². The molecule has 0 spiro atoms. The first kappa shape index (κ1) is 11.5. The summed E-state index contributed by atoms with van der Waals surface area (Å²) in [6, 6.07) is 17.8. The molecule has 1 unspecified atom stereocenters. The molecule has 4 aromatic carbocycles. The van der Waals surface area contributed by atoms with Gasteiger partial charge in [-0.15, -0.1) is 0 Å². The molecule has 0 bridgehead atoms. The Morgan fingerprint density at radius 3 is 2.48 bits per heavy atom. The molecule has 0 aromatic heterocycles. The van der Waals surface area contributed by atoms with Gasteiger partial charge >= 0.3 is 0 Å². The third kappa shape index (κ3) is 1.50. The van der Waals surface area contributed by atoms with Crippen molar-refractivity contribution in [2.45, 2.75) is 25.4 Å². The number of benzene rings is 4. The average Bonchev–Trinajstić information content (AvgIpc) is 2.52. The molecule has 0 amide bonds. The first-order chi connectivity index (χ1) is 10.3. The van der Waals surface area contributed by atoms with Crippen LogP contribution in [-0.4, -0.2) is 11.2 Å². The molecule has 0 radical (unpaired) electrons. The molecule has 102 valence electrons. The lowest BCUT2D eigenvalue weighted by Crippen LogP contribution is -2.18. The van der Waals surface area contributed by atoms with Crippen LogP contribution in [0.25, 0.3) is 32.3 Å². The summed E-state index contributed by atoms with van der Waals surface area (Å²) in [6.45, 7) is 0. The lowest BCUT2D eigenvalue weighted by Gasteiger charge is -2.24. The van der Waals surface area contributed by atoms with Crippen LogP contribution in [0, 0.1) is 0 Å². The largest absolute Gasteiger partial charge is 0.393 e. The zero-order valence-electron chi connectivity index (χ0n) is 11.8. The van der Waals surface area contributed by atoms with Crippen LogP contribution in [0.15, 0.2) is 48.5 Å². The highest BCUT2D eigenvalue weighted by molar-refractivity contribution is 6.23. The topological polar surface area (TPSA) is 20.2 Å². The minimum Gasteiger partial charge on any atom is -0.393 e. The maximum Gasteiger partial charge on any atom is 0.0584 e. The molecule has 0 saturated heterocycles. The first-order valence-electron chi connectivity index (χ1n) is 7.67. The fourth-order valence-electron chi connectivity index (χ4n) is 4.05. The van der Waals surface area contributed by atoms with Crippen LogP contribution >= 0.6 is 0 Å². The summed E-state index contributed by atoms with van der Waals surface area (Å²) in [5.41, 5.74) is 2.78. The molecule has 1 nitrogen and oxygen atoms in total. The zero-order valence-corrected chi connectivity index (χ0v) is 11.8. The van der Waals surface area contributed by atoms with E-state index in [1.165, 1.54) is 43.4 Å². The molecule has 0 aliphatic heterocycles. The fourth-order valence-corrected chi connectivity index (χ4v) is 4.05. The highest BCUT2D eigenvalue weighted by atomic mass is 16.3. The van der Waals surface area contributed by atoms with E-state index in [0.29, 0.717) is 0 Å². The Balaban J connectivity index is 2.04. The molecule has 0 saturated carbocycles. The Bertz CT molecular complexity index is 968. The van der Waals surface area contributed by atoms with E-state index in [1.54, 1.807) is 0 Å². The highest BCUT2D eigenvalue weighted by Gasteiger charge is 2.20. The SMILES string of the molecule is OC1CCc2cc3ccc4cccc5ccc(c2C1)c3c45. The van der Waals surface area contributed by atoms with E-state index in [9.17, 15) is 5.11 Å². The second kappa shape index (κ2) is 3.96. The molecule has 21 heavy (non-hydrogen) atoms. The van der Waals surface area contributed by atoms with Crippen molar-refractivity contribution in [1.82, 2.24) is 0 Å². The molecule has 5 rings (SSSR count). The van der Waals surface area contributed by atoms with Gasteiger partial charge in [-0.2, -0.15) is 0 Å². The fraction of sp³-hybridized carbons (Fsp3) is 0.200. The maximum atomic E-state index is 10.1. The second-order valence-corrected chi connectivity index (χ2v) is 6.27. The third-order valence-electron chi connectivity index (χ3n) is 5.04. The van der Waals surface area contributed by atoms with Crippen LogP contribution in [0.3, 0.4) is 0 Å². The van der Waals surface area contributed by atoms with E-state index >= 15 is 0 Å². The summed E-state index contributed by atoms with van der Waals surface area (Å²) in [4.78, 5) is 0. The predicted octanol–water partition coefficient (Wildman–Crippen LogP) is 4.43. The molecular weight excluding hydrogens is 256 g/mol. The number of rotatable bonds is 0. The van der Waals surface area contributed by atoms with Gasteiger partial charge in [0.15, 0.2) is 0 Å². The summed E-state index contributed by atoms with van der Waals surface area (Å²) in [5, 5.41) is 18.1. The molecule has 4 aromatic rings.